The van der Waals surface area contributed by atoms with Gasteiger partial charge in [-0.05, 0) is 54.4 Å². The standard InChI is InChI=1S/C29H31F3N4O2/c30-29(31,32)22-9-10-26-21(18-22)19-25(28(37)34-13-11-23-6-4-5-12-33-23)27-20-35(14-15-36(26)27)16-17-38-24-7-2-1-3-8-24/h1-10,12,18,25,27H,11,13-17,19-20H2,(H,34,37)/t25-,27+/m1/s1. The van der Waals surface area contributed by atoms with Crippen LogP contribution in [-0.4, -0.2) is 61.2 Å². The van der Waals surface area contributed by atoms with Crippen molar-refractivity contribution in [3.63, 3.8) is 0 Å². The monoisotopic (exact) mass is 524 g/mol. The molecule has 3 aromatic rings. The summed E-state index contributed by atoms with van der Waals surface area (Å²) in [5.41, 5.74) is 1.56. The van der Waals surface area contributed by atoms with Crippen molar-refractivity contribution in [3.05, 3.63) is 89.7 Å². The van der Waals surface area contributed by atoms with Crippen LogP contribution in [0.1, 0.15) is 16.8 Å². The lowest BCUT2D eigenvalue weighted by molar-refractivity contribution is -0.137. The number of piperazine rings is 1. The zero-order chi connectivity index (χ0) is 26.5. The number of aromatic nitrogens is 1. The topological polar surface area (TPSA) is 57.7 Å². The second kappa shape index (κ2) is 11.4. The average molecular weight is 525 g/mol. The summed E-state index contributed by atoms with van der Waals surface area (Å²) in [7, 11) is 0. The minimum atomic E-state index is -4.43. The molecule has 2 aromatic carbocycles. The van der Waals surface area contributed by atoms with E-state index >= 15 is 0 Å². The number of nitrogens with zero attached hydrogens (tertiary/aromatic N) is 3. The number of nitrogens with one attached hydrogen (secondary N) is 1. The molecule has 0 spiro atoms. The van der Waals surface area contributed by atoms with Gasteiger partial charge in [0.2, 0.25) is 5.91 Å². The maximum Gasteiger partial charge on any atom is 0.416 e. The highest BCUT2D eigenvalue weighted by molar-refractivity contribution is 5.82. The summed E-state index contributed by atoms with van der Waals surface area (Å²) in [4.78, 5) is 22.1. The lowest BCUT2D eigenvalue weighted by Crippen LogP contribution is -2.61. The predicted octanol–water partition coefficient (Wildman–Crippen LogP) is 4.20. The predicted molar refractivity (Wildman–Crippen MR) is 139 cm³/mol. The second-order valence-electron chi connectivity index (χ2n) is 9.74. The van der Waals surface area contributed by atoms with Gasteiger partial charge in [-0.3, -0.25) is 14.7 Å². The van der Waals surface area contributed by atoms with Crippen LogP contribution in [0.3, 0.4) is 0 Å². The molecule has 6 nitrogen and oxygen atoms in total. The van der Waals surface area contributed by atoms with Gasteiger partial charge in [0.15, 0.2) is 0 Å². The molecule has 0 unspecified atom stereocenters. The molecule has 0 saturated carbocycles. The third-order valence-corrected chi connectivity index (χ3v) is 7.29. The molecule has 0 aliphatic carbocycles. The van der Waals surface area contributed by atoms with Gasteiger partial charge in [-0.15, -0.1) is 0 Å². The third-order valence-electron chi connectivity index (χ3n) is 7.29. The quantitative estimate of drug-likeness (QED) is 0.479. The van der Waals surface area contributed by atoms with Crippen LogP contribution in [0.25, 0.3) is 0 Å². The van der Waals surface area contributed by atoms with Crippen LogP contribution in [0.15, 0.2) is 72.9 Å². The zero-order valence-corrected chi connectivity index (χ0v) is 21.0. The van der Waals surface area contributed by atoms with Gasteiger partial charge in [-0.25, -0.2) is 0 Å². The molecule has 3 heterocycles. The van der Waals surface area contributed by atoms with Gasteiger partial charge >= 0.3 is 6.18 Å². The molecule has 1 N–H and O–H groups in total. The number of hydrogen-bond acceptors (Lipinski definition) is 5. The van der Waals surface area contributed by atoms with Gasteiger partial charge in [0.25, 0.3) is 0 Å². The fourth-order valence-corrected chi connectivity index (χ4v) is 5.36. The van der Waals surface area contributed by atoms with Crippen molar-refractivity contribution in [2.75, 3.05) is 44.2 Å². The maximum absolute atomic E-state index is 13.4. The number of carbonyl (C=O) groups is 1. The summed E-state index contributed by atoms with van der Waals surface area (Å²) < 4.78 is 46.2. The molecule has 5 rings (SSSR count). The van der Waals surface area contributed by atoms with Crippen molar-refractivity contribution < 1.29 is 22.7 Å². The van der Waals surface area contributed by atoms with Crippen molar-refractivity contribution in [1.82, 2.24) is 15.2 Å². The number of hydrogen-bond donors (Lipinski definition) is 1. The molecule has 2 aliphatic rings. The number of pyridine rings is 1. The summed E-state index contributed by atoms with van der Waals surface area (Å²) in [6.45, 7) is 3.64. The fraction of sp³-hybridized carbons (Fsp3) is 0.379. The van der Waals surface area contributed by atoms with Crippen LogP contribution < -0.4 is 15.0 Å². The maximum atomic E-state index is 13.4. The van der Waals surface area contributed by atoms with Crippen LogP contribution >= 0.6 is 0 Å². The number of carbonyl (C=O) groups excluding carboxylic acids is 1. The van der Waals surface area contributed by atoms with E-state index in [2.05, 4.69) is 20.1 Å². The lowest BCUT2D eigenvalue weighted by Gasteiger charge is -2.49. The Hall–Kier alpha value is -3.59. The van der Waals surface area contributed by atoms with Gasteiger partial charge in [0, 0.05) is 56.7 Å². The van der Waals surface area contributed by atoms with Gasteiger partial charge in [0.1, 0.15) is 12.4 Å². The number of benzene rings is 2. The summed E-state index contributed by atoms with van der Waals surface area (Å²) in [6, 6.07) is 19.0. The number of amides is 1. The first-order valence-corrected chi connectivity index (χ1v) is 12.9. The Bertz CT molecular complexity index is 1220. The lowest BCUT2D eigenvalue weighted by atomic mass is 9.82. The molecule has 2 atom stereocenters. The molecule has 38 heavy (non-hydrogen) atoms. The SMILES string of the molecule is O=C(NCCc1ccccn1)[C@@H]1Cc2cc(C(F)(F)F)ccc2N2CCN(CCOc3ccccc3)C[C@@H]12. The number of anilines is 1. The third kappa shape index (κ3) is 6.10. The van der Waals surface area contributed by atoms with E-state index in [1.54, 1.807) is 12.3 Å². The Labute approximate surface area is 220 Å². The van der Waals surface area contributed by atoms with E-state index in [0.717, 1.165) is 29.7 Å². The van der Waals surface area contributed by atoms with E-state index in [9.17, 15) is 18.0 Å². The molecule has 1 amide bonds. The summed E-state index contributed by atoms with van der Waals surface area (Å²) in [6.07, 6.45) is -1.86. The van der Waals surface area contributed by atoms with Crippen LogP contribution in [0.5, 0.6) is 5.75 Å². The van der Waals surface area contributed by atoms with Crippen LogP contribution in [0.2, 0.25) is 0 Å². The molecule has 2 aliphatic heterocycles. The van der Waals surface area contributed by atoms with Gasteiger partial charge < -0.3 is 15.0 Å². The molecule has 9 heteroatoms. The van der Waals surface area contributed by atoms with Gasteiger partial charge in [-0.1, -0.05) is 24.3 Å². The summed E-state index contributed by atoms with van der Waals surface area (Å²) in [5.74, 6) is 0.206. The highest BCUT2D eigenvalue weighted by Crippen LogP contribution is 2.39. The zero-order valence-electron chi connectivity index (χ0n) is 21.0. The normalized spacial score (nSPS) is 19.4. The fourth-order valence-electron chi connectivity index (χ4n) is 5.36. The van der Waals surface area contributed by atoms with E-state index in [-0.39, 0.29) is 18.4 Å². The Balaban J connectivity index is 1.30. The van der Waals surface area contributed by atoms with Crippen molar-refractivity contribution in [1.29, 1.82) is 0 Å². The highest BCUT2D eigenvalue weighted by Gasteiger charge is 2.42. The molecular formula is C29H31F3N4O2. The van der Waals surface area contributed by atoms with E-state index in [4.69, 9.17) is 4.74 Å². The second-order valence-corrected chi connectivity index (χ2v) is 9.74. The first-order valence-electron chi connectivity index (χ1n) is 12.9. The summed E-state index contributed by atoms with van der Waals surface area (Å²) in [5, 5.41) is 3.02. The molecule has 1 aromatic heterocycles. The molecule has 0 bridgehead atoms. The Morgan fingerprint density at radius 3 is 2.63 bits per heavy atom. The molecule has 1 fully saturated rings. The molecular weight excluding hydrogens is 493 g/mol. The first-order chi connectivity index (χ1) is 18.4. The van der Waals surface area contributed by atoms with Crippen molar-refractivity contribution in [2.24, 2.45) is 5.92 Å². The highest BCUT2D eigenvalue weighted by atomic mass is 19.4. The van der Waals surface area contributed by atoms with E-state index < -0.39 is 17.7 Å². The average Bonchev–Trinajstić information content (AvgIpc) is 2.93. The molecule has 1 saturated heterocycles. The minimum Gasteiger partial charge on any atom is -0.492 e. The number of rotatable bonds is 8. The summed E-state index contributed by atoms with van der Waals surface area (Å²) >= 11 is 0. The Kier molecular flexibility index (Phi) is 7.83. The van der Waals surface area contributed by atoms with Crippen molar-refractivity contribution >= 4 is 11.6 Å². The minimum absolute atomic E-state index is 0.138. The first kappa shape index (κ1) is 26.0. The van der Waals surface area contributed by atoms with E-state index in [0.29, 0.717) is 44.8 Å². The molecule has 200 valence electrons. The number of ether oxygens (including phenoxy) is 1. The van der Waals surface area contributed by atoms with Crippen LogP contribution in [0.4, 0.5) is 18.9 Å². The van der Waals surface area contributed by atoms with E-state index in [1.807, 2.05) is 48.5 Å². The van der Waals surface area contributed by atoms with Crippen LogP contribution in [-0.2, 0) is 23.8 Å². The van der Waals surface area contributed by atoms with Crippen molar-refractivity contribution in [3.8, 4) is 5.75 Å². The Morgan fingerprint density at radius 1 is 1.05 bits per heavy atom. The van der Waals surface area contributed by atoms with Gasteiger partial charge in [-0.2, -0.15) is 13.2 Å². The van der Waals surface area contributed by atoms with Crippen molar-refractivity contribution in [2.45, 2.75) is 25.1 Å². The van der Waals surface area contributed by atoms with E-state index in [1.165, 1.54) is 6.07 Å². The number of fused-ring (bicyclic) bond motifs is 3. The van der Waals surface area contributed by atoms with Gasteiger partial charge in [0.05, 0.1) is 17.5 Å². The van der Waals surface area contributed by atoms with Crippen LogP contribution in [0, 0.1) is 5.92 Å². The number of halogens is 3. The Morgan fingerprint density at radius 2 is 1.87 bits per heavy atom. The largest absolute Gasteiger partial charge is 0.492 e. The number of para-hydroxylation sites is 1. The number of alkyl halides is 3. The molecule has 0 radical (unpaired) electrons. The smallest absolute Gasteiger partial charge is 0.416 e.